The first-order valence-electron chi connectivity index (χ1n) is 9.73. The maximum atomic E-state index is 6.02. The summed E-state index contributed by atoms with van der Waals surface area (Å²) in [6.07, 6.45) is 11.1. The van der Waals surface area contributed by atoms with Crippen LogP contribution in [0.1, 0.15) is 56.4 Å². The van der Waals surface area contributed by atoms with Crippen LogP contribution in [0, 0.1) is 5.92 Å². The summed E-state index contributed by atoms with van der Waals surface area (Å²) < 4.78 is 5.74. The van der Waals surface area contributed by atoms with E-state index in [4.69, 9.17) is 10.2 Å². The third kappa shape index (κ3) is 3.52. The Kier molecular flexibility index (Phi) is 4.91. The minimum atomic E-state index is 0.474. The molecule has 0 atom stereocenters. The molecule has 0 radical (unpaired) electrons. The third-order valence-corrected chi connectivity index (χ3v) is 6.28. The summed E-state index contributed by atoms with van der Waals surface area (Å²) in [6, 6.07) is 8.92. The molecule has 1 aliphatic heterocycles. The van der Waals surface area contributed by atoms with E-state index in [1.54, 1.807) is 0 Å². The highest BCUT2D eigenvalue weighted by atomic mass is 16.3. The van der Waals surface area contributed by atoms with Gasteiger partial charge < -0.3 is 15.1 Å². The van der Waals surface area contributed by atoms with Gasteiger partial charge in [-0.05, 0) is 82.5 Å². The first kappa shape index (κ1) is 16.2. The number of fused-ring (bicyclic) bond motifs is 1. The molecule has 1 aromatic carbocycles. The fourth-order valence-corrected chi connectivity index (χ4v) is 4.62. The van der Waals surface area contributed by atoms with Crippen molar-refractivity contribution in [2.75, 3.05) is 19.6 Å². The normalized spacial score (nSPS) is 26.9. The molecule has 130 valence electrons. The van der Waals surface area contributed by atoms with Crippen molar-refractivity contribution in [1.82, 2.24) is 4.90 Å². The van der Waals surface area contributed by atoms with Crippen LogP contribution in [-0.4, -0.2) is 30.6 Å². The largest absolute Gasteiger partial charge is 0.464 e. The maximum absolute atomic E-state index is 6.02. The summed E-state index contributed by atoms with van der Waals surface area (Å²) in [5.41, 5.74) is 8.47. The number of nitrogens with zero attached hydrogens (tertiary/aromatic N) is 1. The van der Waals surface area contributed by atoms with E-state index in [0.717, 1.165) is 11.5 Å². The standard InChI is InChI=1S/C21H30N2O/c22-18-7-5-16(6-8-18)9-12-23-13-10-17(11-14-23)20-15-24-21-4-2-1-3-19(20)21/h1-4,15-18H,5-14,22H2/t16-,18-. The molecule has 1 saturated carbocycles. The summed E-state index contributed by atoms with van der Waals surface area (Å²) in [6.45, 7) is 3.74. The zero-order chi connectivity index (χ0) is 16.4. The van der Waals surface area contributed by atoms with Crippen molar-refractivity contribution >= 4 is 11.0 Å². The van der Waals surface area contributed by atoms with Gasteiger partial charge in [-0.2, -0.15) is 0 Å². The molecule has 0 unspecified atom stereocenters. The van der Waals surface area contributed by atoms with Crippen LogP contribution in [0.25, 0.3) is 11.0 Å². The van der Waals surface area contributed by atoms with E-state index in [1.807, 2.05) is 6.26 Å². The van der Waals surface area contributed by atoms with Crippen LogP contribution in [0.2, 0.25) is 0 Å². The molecule has 3 heteroatoms. The Hall–Kier alpha value is -1.32. The SMILES string of the molecule is N[C@H]1CC[C@H](CCN2CCC(c3coc4ccccc34)CC2)CC1. The summed E-state index contributed by atoms with van der Waals surface area (Å²) in [5.74, 6) is 1.58. The van der Waals surface area contributed by atoms with Crippen molar-refractivity contribution in [1.29, 1.82) is 0 Å². The Balaban J connectivity index is 1.27. The first-order chi connectivity index (χ1) is 11.8. The van der Waals surface area contributed by atoms with E-state index < -0.39 is 0 Å². The average molecular weight is 326 g/mol. The number of benzene rings is 1. The van der Waals surface area contributed by atoms with Crippen LogP contribution in [-0.2, 0) is 0 Å². The Morgan fingerprint density at radius 1 is 1.00 bits per heavy atom. The van der Waals surface area contributed by atoms with E-state index in [1.165, 1.54) is 75.5 Å². The second-order valence-electron chi connectivity index (χ2n) is 7.87. The highest BCUT2D eigenvalue weighted by molar-refractivity contribution is 5.81. The summed E-state index contributed by atoms with van der Waals surface area (Å²) in [5, 5.41) is 1.31. The molecule has 2 N–H and O–H groups in total. The van der Waals surface area contributed by atoms with E-state index >= 15 is 0 Å². The molecular formula is C21H30N2O. The Morgan fingerprint density at radius 2 is 1.75 bits per heavy atom. The molecule has 4 rings (SSSR count). The van der Waals surface area contributed by atoms with Gasteiger partial charge in [-0.3, -0.25) is 0 Å². The van der Waals surface area contributed by atoms with Gasteiger partial charge in [0.25, 0.3) is 0 Å². The lowest BCUT2D eigenvalue weighted by molar-refractivity contribution is 0.186. The number of hydrogen-bond acceptors (Lipinski definition) is 3. The lowest BCUT2D eigenvalue weighted by Gasteiger charge is -2.33. The molecule has 2 aliphatic rings. The molecule has 3 nitrogen and oxygen atoms in total. The van der Waals surface area contributed by atoms with Crippen LogP contribution in [0.3, 0.4) is 0 Å². The summed E-state index contributed by atoms with van der Waals surface area (Å²) in [7, 11) is 0. The molecule has 0 amide bonds. The summed E-state index contributed by atoms with van der Waals surface area (Å²) in [4.78, 5) is 2.67. The van der Waals surface area contributed by atoms with Gasteiger partial charge in [0.1, 0.15) is 5.58 Å². The second-order valence-corrected chi connectivity index (χ2v) is 7.87. The molecule has 2 heterocycles. The minimum Gasteiger partial charge on any atom is -0.464 e. The number of piperidine rings is 1. The number of hydrogen-bond donors (Lipinski definition) is 1. The van der Waals surface area contributed by atoms with Crippen molar-refractivity contribution in [3.05, 3.63) is 36.1 Å². The molecule has 2 fully saturated rings. The predicted octanol–water partition coefficient (Wildman–Crippen LogP) is 4.52. The topological polar surface area (TPSA) is 42.4 Å². The number of rotatable bonds is 4. The molecule has 1 aliphatic carbocycles. The van der Waals surface area contributed by atoms with Crippen LogP contribution >= 0.6 is 0 Å². The van der Waals surface area contributed by atoms with E-state index in [0.29, 0.717) is 12.0 Å². The van der Waals surface area contributed by atoms with E-state index in [-0.39, 0.29) is 0 Å². The van der Waals surface area contributed by atoms with Gasteiger partial charge in [0, 0.05) is 17.0 Å². The molecular weight excluding hydrogens is 296 g/mol. The van der Waals surface area contributed by atoms with Crippen LogP contribution < -0.4 is 5.73 Å². The van der Waals surface area contributed by atoms with Crippen molar-refractivity contribution in [2.45, 2.75) is 56.9 Å². The van der Waals surface area contributed by atoms with Gasteiger partial charge >= 0.3 is 0 Å². The Morgan fingerprint density at radius 3 is 2.54 bits per heavy atom. The maximum Gasteiger partial charge on any atom is 0.134 e. The fraction of sp³-hybridized carbons (Fsp3) is 0.619. The predicted molar refractivity (Wildman–Crippen MR) is 99.2 cm³/mol. The van der Waals surface area contributed by atoms with Crippen molar-refractivity contribution < 1.29 is 4.42 Å². The summed E-state index contributed by atoms with van der Waals surface area (Å²) >= 11 is 0. The number of nitrogens with two attached hydrogens (primary N) is 1. The van der Waals surface area contributed by atoms with Gasteiger partial charge in [0.2, 0.25) is 0 Å². The smallest absolute Gasteiger partial charge is 0.134 e. The molecule has 1 saturated heterocycles. The number of likely N-dealkylation sites (tertiary alicyclic amines) is 1. The van der Waals surface area contributed by atoms with Gasteiger partial charge in [-0.25, -0.2) is 0 Å². The monoisotopic (exact) mass is 326 g/mol. The molecule has 2 aromatic rings. The van der Waals surface area contributed by atoms with Gasteiger partial charge in [-0.1, -0.05) is 18.2 Å². The van der Waals surface area contributed by atoms with E-state index in [9.17, 15) is 0 Å². The first-order valence-corrected chi connectivity index (χ1v) is 9.73. The van der Waals surface area contributed by atoms with Gasteiger partial charge in [-0.15, -0.1) is 0 Å². The number of para-hydroxylation sites is 1. The van der Waals surface area contributed by atoms with Gasteiger partial charge in [0.05, 0.1) is 6.26 Å². The molecule has 0 spiro atoms. The second kappa shape index (κ2) is 7.28. The highest BCUT2D eigenvalue weighted by Gasteiger charge is 2.24. The lowest BCUT2D eigenvalue weighted by atomic mass is 9.84. The zero-order valence-electron chi connectivity index (χ0n) is 14.6. The Bertz CT molecular complexity index is 649. The van der Waals surface area contributed by atoms with E-state index in [2.05, 4.69) is 29.2 Å². The van der Waals surface area contributed by atoms with Crippen molar-refractivity contribution in [3.8, 4) is 0 Å². The Labute approximate surface area is 145 Å². The minimum absolute atomic E-state index is 0.474. The fourth-order valence-electron chi connectivity index (χ4n) is 4.62. The molecule has 24 heavy (non-hydrogen) atoms. The molecule has 0 bridgehead atoms. The number of furan rings is 1. The van der Waals surface area contributed by atoms with Gasteiger partial charge in [0.15, 0.2) is 0 Å². The average Bonchev–Trinajstić information content (AvgIpc) is 3.06. The van der Waals surface area contributed by atoms with Crippen molar-refractivity contribution in [2.24, 2.45) is 11.7 Å². The highest BCUT2D eigenvalue weighted by Crippen LogP contribution is 2.34. The quantitative estimate of drug-likeness (QED) is 0.898. The lowest BCUT2D eigenvalue weighted by Crippen LogP contribution is -2.35. The zero-order valence-corrected chi connectivity index (χ0v) is 14.6. The van der Waals surface area contributed by atoms with Crippen LogP contribution in [0.4, 0.5) is 0 Å². The van der Waals surface area contributed by atoms with Crippen LogP contribution in [0.15, 0.2) is 34.9 Å². The molecule has 1 aromatic heterocycles. The third-order valence-electron chi connectivity index (χ3n) is 6.28. The van der Waals surface area contributed by atoms with Crippen LogP contribution in [0.5, 0.6) is 0 Å². The van der Waals surface area contributed by atoms with Crippen molar-refractivity contribution in [3.63, 3.8) is 0 Å².